The summed E-state index contributed by atoms with van der Waals surface area (Å²) in [4.78, 5) is 21.7. The van der Waals surface area contributed by atoms with Crippen molar-refractivity contribution in [1.29, 1.82) is 0 Å². The first-order valence-corrected chi connectivity index (χ1v) is 10.8. The highest BCUT2D eigenvalue weighted by molar-refractivity contribution is 6.03. The maximum absolute atomic E-state index is 11.7. The Morgan fingerprint density at radius 2 is 1.45 bits per heavy atom. The van der Waals surface area contributed by atoms with Gasteiger partial charge in [-0.15, -0.1) is 0 Å². The summed E-state index contributed by atoms with van der Waals surface area (Å²) in [5.41, 5.74) is 6.91. The second kappa shape index (κ2) is 7.91. The molecule has 1 fully saturated rings. The Balaban J connectivity index is 1.43. The van der Waals surface area contributed by atoms with Crippen molar-refractivity contribution in [2.24, 2.45) is 0 Å². The number of piperidine rings is 1. The molecule has 0 saturated carbocycles. The van der Waals surface area contributed by atoms with E-state index >= 15 is 0 Å². The third kappa shape index (κ3) is 3.79. The van der Waals surface area contributed by atoms with Gasteiger partial charge >= 0.3 is 5.97 Å². The number of benzene rings is 3. The highest BCUT2D eigenvalue weighted by atomic mass is 16.4. The number of aromatic nitrogens is 2. The van der Waals surface area contributed by atoms with Gasteiger partial charge in [0.1, 0.15) is 11.3 Å². The first-order valence-electron chi connectivity index (χ1n) is 10.8. The number of aromatic amines is 1. The fourth-order valence-corrected chi connectivity index (χ4v) is 4.44. The Morgan fingerprint density at radius 1 is 0.871 bits per heavy atom. The predicted octanol–water partition coefficient (Wildman–Crippen LogP) is 5.89. The lowest BCUT2D eigenvalue weighted by Crippen LogP contribution is -2.29. The topological polar surface area (TPSA) is 69.2 Å². The molecule has 5 nitrogen and oxygen atoms in total. The minimum absolute atomic E-state index is 0.217. The van der Waals surface area contributed by atoms with Gasteiger partial charge in [0.2, 0.25) is 0 Å². The van der Waals surface area contributed by atoms with E-state index in [1.54, 1.807) is 6.07 Å². The zero-order valence-electron chi connectivity index (χ0n) is 17.6. The highest BCUT2D eigenvalue weighted by Gasteiger charge is 2.15. The van der Waals surface area contributed by atoms with Gasteiger partial charge in [0, 0.05) is 18.8 Å². The maximum atomic E-state index is 11.7. The van der Waals surface area contributed by atoms with Gasteiger partial charge in [0.15, 0.2) is 0 Å². The van der Waals surface area contributed by atoms with Crippen LogP contribution in [0.25, 0.3) is 33.3 Å². The van der Waals surface area contributed by atoms with Crippen LogP contribution in [0.1, 0.15) is 35.4 Å². The van der Waals surface area contributed by atoms with Crippen molar-refractivity contribution in [3.8, 4) is 22.3 Å². The third-order valence-electron chi connectivity index (χ3n) is 6.08. The van der Waals surface area contributed by atoms with E-state index in [0.717, 1.165) is 35.3 Å². The summed E-state index contributed by atoms with van der Waals surface area (Å²) >= 11 is 0. The molecule has 3 aromatic carbocycles. The number of rotatable bonds is 4. The van der Waals surface area contributed by atoms with E-state index in [2.05, 4.69) is 51.3 Å². The molecule has 0 spiro atoms. The number of aryl methyl sites for hydroxylation is 1. The smallest absolute Gasteiger partial charge is 0.337 e. The average molecular weight is 412 g/mol. The van der Waals surface area contributed by atoms with E-state index < -0.39 is 5.97 Å². The van der Waals surface area contributed by atoms with E-state index in [4.69, 9.17) is 0 Å². The normalized spacial score (nSPS) is 14.2. The second-order valence-electron chi connectivity index (χ2n) is 8.22. The zero-order valence-corrected chi connectivity index (χ0v) is 17.6. The minimum Gasteiger partial charge on any atom is -0.478 e. The molecular formula is C26H25N3O2. The molecule has 5 rings (SSSR count). The lowest BCUT2D eigenvalue weighted by molar-refractivity contribution is 0.0699. The lowest BCUT2D eigenvalue weighted by atomic mass is 9.98. The molecule has 156 valence electrons. The van der Waals surface area contributed by atoms with Crippen LogP contribution in [-0.2, 0) is 0 Å². The Labute approximate surface area is 181 Å². The van der Waals surface area contributed by atoms with Crippen molar-refractivity contribution in [3.05, 3.63) is 72.1 Å². The number of nitrogens with zero attached hydrogens (tertiary/aromatic N) is 2. The number of carboxylic acid groups (broad SMARTS) is 1. The van der Waals surface area contributed by atoms with Crippen LogP contribution in [0.4, 0.5) is 5.69 Å². The molecule has 0 aliphatic carbocycles. The van der Waals surface area contributed by atoms with Crippen LogP contribution in [0.2, 0.25) is 0 Å². The molecule has 0 atom stereocenters. The molecular weight excluding hydrogens is 386 g/mol. The SMILES string of the molecule is Cc1nc2c(C(=O)O)cc(-c3ccc(-c4ccc(N5CCCCC5)cc4)cc3)cc2[nH]1. The average Bonchev–Trinajstić information content (AvgIpc) is 3.19. The summed E-state index contributed by atoms with van der Waals surface area (Å²) in [5, 5.41) is 9.62. The zero-order chi connectivity index (χ0) is 21.4. The monoisotopic (exact) mass is 411 g/mol. The van der Waals surface area contributed by atoms with Crippen LogP contribution in [0.5, 0.6) is 0 Å². The fourth-order valence-electron chi connectivity index (χ4n) is 4.44. The molecule has 0 radical (unpaired) electrons. The summed E-state index contributed by atoms with van der Waals surface area (Å²) < 4.78 is 0. The van der Waals surface area contributed by atoms with Crippen LogP contribution < -0.4 is 4.90 Å². The number of nitrogens with one attached hydrogen (secondary N) is 1. The standard InChI is InChI=1S/C26H25N3O2/c1-17-27-24-16-21(15-23(26(30)31)25(24)28-17)20-7-5-18(6-8-20)19-9-11-22(12-10-19)29-13-3-2-4-14-29/h5-12,15-16H,2-4,13-14H2,1H3,(H,27,28)(H,30,31). The van der Waals surface area contributed by atoms with Crippen molar-refractivity contribution in [1.82, 2.24) is 9.97 Å². The van der Waals surface area contributed by atoms with E-state index in [-0.39, 0.29) is 5.56 Å². The van der Waals surface area contributed by atoms with E-state index in [1.807, 2.05) is 25.1 Å². The van der Waals surface area contributed by atoms with Crippen LogP contribution in [-0.4, -0.2) is 34.1 Å². The van der Waals surface area contributed by atoms with Crippen molar-refractivity contribution in [2.45, 2.75) is 26.2 Å². The minimum atomic E-state index is -0.969. The third-order valence-corrected chi connectivity index (χ3v) is 6.08. The van der Waals surface area contributed by atoms with E-state index in [9.17, 15) is 9.90 Å². The van der Waals surface area contributed by atoms with Crippen LogP contribution in [0, 0.1) is 6.92 Å². The van der Waals surface area contributed by atoms with Crippen LogP contribution >= 0.6 is 0 Å². The molecule has 0 unspecified atom stereocenters. The number of imidazole rings is 1. The first-order chi connectivity index (χ1) is 15.1. The molecule has 31 heavy (non-hydrogen) atoms. The molecule has 0 bridgehead atoms. The quantitative estimate of drug-likeness (QED) is 0.439. The number of hydrogen-bond donors (Lipinski definition) is 2. The molecule has 1 saturated heterocycles. The first kappa shape index (κ1) is 19.4. The van der Waals surface area contributed by atoms with Crippen molar-refractivity contribution in [2.75, 3.05) is 18.0 Å². The summed E-state index contributed by atoms with van der Waals surface area (Å²) in [6.45, 7) is 4.12. The summed E-state index contributed by atoms with van der Waals surface area (Å²) in [7, 11) is 0. The Bertz CT molecular complexity index is 1230. The molecule has 0 amide bonds. The number of H-pyrrole nitrogens is 1. The van der Waals surface area contributed by atoms with Gasteiger partial charge in [-0.25, -0.2) is 9.78 Å². The maximum Gasteiger partial charge on any atom is 0.337 e. The van der Waals surface area contributed by atoms with Gasteiger partial charge in [-0.05, 0) is 72.7 Å². The molecule has 4 aromatic rings. The number of hydrogen-bond acceptors (Lipinski definition) is 3. The van der Waals surface area contributed by atoms with Gasteiger partial charge in [0.05, 0.1) is 11.1 Å². The van der Waals surface area contributed by atoms with Crippen molar-refractivity contribution >= 4 is 22.7 Å². The van der Waals surface area contributed by atoms with E-state index in [0.29, 0.717) is 11.3 Å². The Kier molecular flexibility index (Phi) is 4.94. The largest absolute Gasteiger partial charge is 0.478 e. The van der Waals surface area contributed by atoms with Gasteiger partial charge in [-0.3, -0.25) is 0 Å². The number of aromatic carboxylic acids is 1. The molecule has 1 aromatic heterocycles. The summed E-state index contributed by atoms with van der Waals surface area (Å²) in [5.74, 6) is -0.262. The van der Waals surface area contributed by atoms with Crippen LogP contribution in [0.3, 0.4) is 0 Å². The predicted molar refractivity (Wildman–Crippen MR) is 125 cm³/mol. The molecule has 2 N–H and O–H groups in total. The van der Waals surface area contributed by atoms with Crippen LogP contribution in [0.15, 0.2) is 60.7 Å². The fraction of sp³-hybridized carbons (Fsp3) is 0.231. The number of carbonyl (C=O) groups is 1. The summed E-state index contributed by atoms with van der Waals surface area (Å²) in [6.07, 6.45) is 3.88. The van der Waals surface area contributed by atoms with Crippen molar-refractivity contribution < 1.29 is 9.90 Å². The number of fused-ring (bicyclic) bond motifs is 1. The summed E-state index contributed by atoms with van der Waals surface area (Å²) in [6, 6.07) is 20.7. The molecule has 2 heterocycles. The van der Waals surface area contributed by atoms with Gasteiger partial charge < -0.3 is 15.0 Å². The van der Waals surface area contributed by atoms with Crippen molar-refractivity contribution in [3.63, 3.8) is 0 Å². The highest BCUT2D eigenvalue weighted by Crippen LogP contribution is 2.30. The lowest BCUT2D eigenvalue weighted by Gasteiger charge is -2.28. The second-order valence-corrected chi connectivity index (χ2v) is 8.22. The van der Waals surface area contributed by atoms with Gasteiger partial charge in [-0.1, -0.05) is 36.4 Å². The molecule has 1 aliphatic heterocycles. The van der Waals surface area contributed by atoms with E-state index in [1.165, 1.54) is 30.5 Å². The van der Waals surface area contributed by atoms with Gasteiger partial charge in [-0.2, -0.15) is 0 Å². The number of anilines is 1. The molecule has 5 heteroatoms. The number of carboxylic acids is 1. The molecule has 1 aliphatic rings. The Hall–Kier alpha value is -3.60. The van der Waals surface area contributed by atoms with Gasteiger partial charge in [0.25, 0.3) is 0 Å². The Morgan fingerprint density at radius 3 is 2.06 bits per heavy atom.